The van der Waals surface area contributed by atoms with Crippen LogP contribution in [0.4, 0.5) is 0 Å². The van der Waals surface area contributed by atoms with Gasteiger partial charge in [-0.3, -0.25) is 14.4 Å². The molecule has 0 bridgehead atoms. The summed E-state index contributed by atoms with van der Waals surface area (Å²) in [5.41, 5.74) is 11.0. The number of nitrogens with two attached hydrogens (primary N) is 2. The van der Waals surface area contributed by atoms with Crippen LogP contribution < -0.4 is 16.8 Å². The Bertz CT molecular complexity index is 404. The molecular weight excluding hydrogens is 316 g/mol. The molecule has 2 atom stereocenters. The van der Waals surface area contributed by atoms with Crippen LogP contribution in [-0.4, -0.2) is 53.5 Å². The lowest BCUT2D eigenvalue weighted by molar-refractivity contribution is -0.142. The van der Waals surface area contributed by atoms with Gasteiger partial charge in [0, 0.05) is 6.54 Å². The highest BCUT2D eigenvalue weighted by molar-refractivity contribution is 7.80. The average molecular weight is 346 g/mol. The van der Waals surface area contributed by atoms with E-state index in [-0.39, 0.29) is 24.3 Å². The summed E-state index contributed by atoms with van der Waals surface area (Å²) in [6.45, 7) is 6.05. The van der Waals surface area contributed by atoms with Crippen LogP contribution in [0.2, 0.25) is 0 Å². The third-order valence-corrected chi connectivity index (χ3v) is 3.57. The quantitative estimate of drug-likeness (QED) is 0.390. The van der Waals surface area contributed by atoms with Crippen molar-refractivity contribution in [2.45, 2.75) is 52.1 Å². The largest absolute Gasteiger partial charge is 0.368 e. The molecule has 0 aliphatic carbocycles. The fourth-order valence-corrected chi connectivity index (χ4v) is 2.53. The minimum atomic E-state index is -0.683. The molecule has 0 aromatic heterocycles. The fourth-order valence-electron chi connectivity index (χ4n) is 2.25. The van der Waals surface area contributed by atoms with Crippen molar-refractivity contribution in [3.05, 3.63) is 0 Å². The first-order chi connectivity index (χ1) is 10.7. The van der Waals surface area contributed by atoms with Crippen molar-refractivity contribution >= 4 is 30.4 Å². The van der Waals surface area contributed by atoms with E-state index in [0.717, 1.165) is 0 Å². The van der Waals surface area contributed by atoms with Gasteiger partial charge in [-0.05, 0) is 30.9 Å². The Morgan fingerprint density at radius 1 is 1.26 bits per heavy atom. The first kappa shape index (κ1) is 21.7. The monoisotopic (exact) mass is 346 g/mol. The molecule has 0 aliphatic heterocycles. The van der Waals surface area contributed by atoms with Crippen molar-refractivity contribution in [2.75, 3.05) is 18.8 Å². The SMILES string of the molecule is CCCN(C(=O)[C@@H](N)CCS)[C@@H](CC(C)C)C(=O)NCC(N)=O. The van der Waals surface area contributed by atoms with Crippen molar-refractivity contribution in [2.24, 2.45) is 17.4 Å². The summed E-state index contributed by atoms with van der Waals surface area (Å²) >= 11 is 4.10. The third kappa shape index (κ3) is 8.22. The normalized spacial score (nSPS) is 13.5. The Morgan fingerprint density at radius 2 is 1.87 bits per heavy atom. The van der Waals surface area contributed by atoms with Gasteiger partial charge in [0.05, 0.1) is 12.6 Å². The molecule has 23 heavy (non-hydrogen) atoms. The highest BCUT2D eigenvalue weighted by Crippen LogP contribution is 2.15. The lowest BCUT2D eigenvalue weighted by Crippen LogP contribution is -2.55. The third-order valence-electron chi connectivity index (χ3n) is 3.32. The second-order valence-corrected chi connectivity index (χ2v) is 6.43. The minimum Gasteiger partial charge on any atom is -0.368 e. The predicted molar refractivity (Wildman–Crippen MR) is 93.9 cm³/mol. The molecular formula is C15H30N4O3S. The number of nitrogens with one attached hydrogen (secondary N) is 1. The number of hydrogen-bond donors (Lipinski definition) is 4. The Balaban J connectivity index is 5.26. The van der Waals surface area contributed by atoms with Crippen LogP contribution in [0.3, 0.4) is 0 Å². The second-order valence-electron chi connectivity index (χ2n) is 5.98. The molecule has 0 spiro atoms. The van der Waals surface area contributed by atoms with Crippen molar-refractivity contribution < 1.29 is 14.4 Å². The van der Waals surface area contributed by atoms with E-state index in [0.29, 0.717) is 31.6 Å². The Morgan fingerprint density at radius 3 is 2.30 bits per heavy atom. The van der Waals surface area contributed by atoms with Crippen LogP contribution in [0.1, 0.15) is 40.0 Å². The van der Waals surface area contributed by atoms with Crippen molar-refractivity contribution in [3.63, 3.8) is 0 Å². The van der Waals surface area contributed by atoms with E-state index in [2.05, 4.69) is 17.9 Å². The van der Waals surface area contributed by atoms with Crippen LogP contribution in [0.25, 0.3) is 0 Å². The standard InChI is InChI=1S/C15H30N4O3S/c1-4-6-19(15(22)11(16)5-7-23)12(8-10(2)3)14(21)18-9-13(17)20/h10-12,23H,4-9,16H2,1-3H3,(H2,17,20)(H,18,21)/t11-,12-/m0/s1. The van der Waals surface area contributed by atoms with Gasteiger partial charge < -0.3 is 21.7 Å². The number of carbonyl (C=O) groups excluding carboxylic acids is 3. The summed E-state index contributed by atoms with van der Waals surface area (Å²) in [6.07, 6.45) is 1.64. The smallest absolute Gasteiger partial charge is 0.243 e. The van der Waals surface area contributed by atoms with E-state index in [4.69, 9.17) is 11.5 Å². The Kier molecular flexibility index (Phi) is 10.7. The highest BCUT2D eigenvalue weighted by atomic mass is 32.1. The molecule has 0 rings (SSSR count). The zero-order valence-corrected chi connectivity index (χ0v) is 15.1. The van der Waals surface area contributed by atoms with Gasteiger partial charge in [-0.15, -0.1) is 0 Å². The number of nitrogens with zero attached hydrogens (tertiary/aromatic N) is 1. The molecule has 0 aliphatic rings. The molecule has 0 aromatic carbocycles. The van der Waals surface area contributed by atoms with E-state index in [9.17, 15) is 14.4 Å². The molecule has 0 radical (unpaired) electrons. The second kappa shape index (κ2) is 11.3. The summed E-state index contributed by atoms with van der Waals surface area (Å²) in [5.74, 6) is -0.567. The molecule has 0 fully saturated rings. The fraction of sp³-hybridized carbons (Fsp3) is 0.800. The molecule has 3 amide bonds. The summed E-state index contributed by atoms with van der Waals surface area (Å²) in [5, 5.41) is 2.49. The number of hydrogen-bond acceptors (Lipinski definition) is 5. The number of rotatable bonds is 11. The molecule has 8 heteroatoms. The van der Waals surface area contributed by atoms with E-state index < -0.39 is 18.0 Å². The van der Waals surface area contributed by atoms with E-state index >= 15 is 0 Å². The van der Waals surface area contributed by atoms with E-state index in [1.807, 2.05) is 20.8 Å². The molecule has 134 valence electrons. The van der Waals surface area contributed by atoms with Crippen LogP contribution in [-0.2, 0) is 14.4 Å². The lowest BCUT2D eigenvalue weighted by atomic mass is 10.00. The van der Waals surface area contributed by atoms with Gasteiger partial charge in [-0.1, -0.05) is 20.8 Å². The first-order valence-corrected chi connectivity index (χ1v) is 8.60. The topological polar surface area (TPSA) is 119 Å². The molecule has 0 aromatic rings. The van der Waals surface area contributed by atoms with Crippen molar-refractivity contribution in [3.8, 4) is 0 Å². The number of amides is 3. The lowest BCUT2D eigenvalue weighted by Gasteiger charge is -2.33. The van der Waals surface area contributed by atoms with E-state index in [1.165, 1.54) is 4.90 Å². The van der Waals surface area contributed by atoms with Crippen LogP contribution in [0.5, 0.6) is 0 Å². The zero-order chi connectivity index (χ0) is 18.0. The summed E-state index contributed by atoms with van der Waals surface area (Å²) < 4.78 is 0. The molecule has 0 saturated carbocycles. The van der Waals surface area contributed by atoms with Gasteiger partial charge in [0.15, 0.2) is 0 Å². The Hall–Kier alpha value is -1.28. The van der Waals surface area contributed by atoms with Gasteiger partial charge in [-0.25, -0.2) is 0 Å². The molecule has 0 heterocycles. The van der Waals surface area contributed by atoms with Gasteiger partial charge in [0.25, 0.3) is 0 Å². The summed E-state index contributed by atoms with van der Waals surface area (Å²) in [6, 6.07) is -1.34. The average Bonchev–Trinajstić information content (AvgIpc) is 2.47. The van der Waals surface area contributed by atoms with Crippen molar-refractivity contribution in [1.29, 1.82) is 0 Å². The van der Waals surface area contributed by atoms with Gasteiger partial charge in [0.1, 0.15) is 6.04 Å². The number of primary amides is 1. The highest BCUT2D eigenvalue weighted by Gasteiger charge is 2.32. The predicted octanol–water partition coefficient (Wildman–Crippen LogP) is -0.112. The number of thiol groups is 1. The maximum absolute atomic E-state index is 12.6. The zero-order valence-electron chi connectivity index (χ0n) is 14.2. The van der Waals surface area contributed by atoms with Gasteiger partial charge >= 0.3 is 0 Å². The first-order valence-electron chi connectivity index (χ1n) is 7.97. The minimum absolute atomic E-state index is 0.201. The van der Waals surface area contributed by atoms with Gasteiger partial charge in [-0.2, -0.15) is 12.6 Å². The number of carbonyl (C=O) groups is 3. The van der Waals surface area contributed by atoms with Gasteiger partial charge in [0.2, 0.25) is 17.7 Å². The molecule has 7 nitrogen and oxygen atoms in total. The maximum atomic E-state index is 12.6. The Labute approximate surface area is 143 Å². The molecule has 0 unspecified atom stereocenters. The van der Waals surface area contributed by atoms with Crippen LogP contribution in [0, 0.1) is 5.92 Å². The summed E-state index contributed by atoms with van der Waals surface area (Å²) in [7, 11) is 0. The maximum Gasteiger partial charge on any atom is 0.243 e. The van der Waals surface area contributed by atoms with Crippen LogP contribution >= 0.6 is 12.6 Å². The summed E-state index contributed by atoms with van der Waals surface area (Å²) in [4.78, 5) is 37.4. The molecule has 0 saturated heterocycles. The van der Waals surface area contributed by atoms with Crippen molar-refractivity contribution in [1.82, 2.24) is 10.2 Å². The van der Waals surface area contributed by atoms with E-state index in [1.54, 1.807) is 0 Å². The molecule has 5 N–H and O–H groups in total. The van der Waals surface area contributed by atoms with Crippen LogP contribution in [0.15, 0.2) is 0 Å².